The zero-order valence-electron chi connectivity index (χ0n) is 20.0. The number of hydrogen-bond donors (Lipinski definition) is 0. The highest BCUT2D eigenvalue weighted by Crippen LogP contribution is 2.36. The van der Waals surface area contributed by atoms with E-state index in [0.717, 1.165) is 11.4 Å². The maximum atomic E-state index is 13.7. The van der Waals surface area contributed by atoms with Crippen LogP contribution in [0.25, 0.3) is 17.0 Å². The zero-order chi connectivity index (χ0) is 25.8. The number of nitrogens with zero attached hydrogens (tertiary/aromatic N) is 9. The summed E-state index contributed by atoms with van der Waals surface area (Å²) < 4.78 is 41.4. The molecule has 6 heterocycles. The van der Waals surface area contributed by atoms with Crippen molar-refractivity contribution in [2.75, 3.05) is 6.54 Å². The van der Waals surface area contributed by atoms with Crippen molar-refractivity contribution in [2.45, 2.75) is 26.0 Å². The summed E-state index contributed by atoms with van der Waals surface area (Å²) in [6.45, 7) is -0.810. The Balaban J connectivity index is 1.41. The molecular weight excluding hydrogens is 488 g/mol. The number of alkyl halides is 2. The van der Waals surface area contributed by atoms with Crippen molar-refractivity contribution < 1.29 is 22.7 Å². The minimum Gasteiger partial charge on any atom is -0.433 e. The monoisotopic (exact) mass is 509 g/mol. The third-order valence-corrected chi connectivity index (χ3v) is 6.56. The Labute approximate surface area is 208 Å². The number of amides is 1. The molecule has 0 bridgehead atoms. The minimum atomic E-state index is -2.99. The van der Waals surface area contributed by atoms with E-state index < -0.39 is 18.6 Å². The number of pyridine rings is 1. The number of ether oxygens (including phenoxy) is 1. The van der Waals surface area contributed by atoms with Crippen LogP contribution in [0.3, 0.4) is 0 Å². The molecule has 0 saturated heterocycles. The maximum absolute atomic E-state index is 13.7. The normalized spacial score (nSPS) is 15.5. The standard InChI is InChI=1S/C23H21F2N9O3/c1-12-13(10-27-32(12)3)20-28-29-21(37-20)22(35)33-8-6-15-18(26-11-31(15)2)19(33)14-9-16-17(36-23(24)25)5-4-7-34(16)30-14/h4-5,7,9-11,19,23H,6,8H2,1-3H3/t19-/m0/s1. The van der Waals surface area contributed by atoms with E-state index in [0.29, 0.717) is 35.4 Å². The van der Waals surface area contributed by atoms with Crippen molar-refractivity contribution in [3.8, 4) is 17.2 Å². The van der Waals surface area contributed by atoms with Crippen LogP contribution in [0, 0.1) is 6.92 Å². The van der Waals surface area contributed by atoms with E-state index in [1.54, 1.807) is 47.5 Å². The molecule has 0 unspecified atom stereocenters. The second kappa shape index (κ2) is 8.50. The lowest BCUT2D eigenvalue weighted by atomic mass is 9.99. The molecule has 5 aromatic heterocycles. The van der Waals surface area contributed by atoms with Crippen molar-refractivity contribution in [1.82, 2.24) is 44.0 Å². The van der Waals surface area contributed by atoms with Gasteiger partial charge in [0, 0.05) is 44.6 Å². The van der Waals surface area contributed by atoms with E-state index in [4.69, 9.17) is 4.42 Å². The molecule has 1 amide bonds. The Morgan fingerprint density at radius 3 is 2.86 bits per heavy atom. The highest BCUT2D eigenvalue weighted by molar-refractivity contribution is 5.90. The maximum Gasteiger partial charge on any atom is 0.387 e. The van der Waals surface area contributed by atoms with Crippen LogP contribution in [-0.4, -0.2) is 63.1 Å². The average molecular weight is 509 g/mol. The number of aryl methyl sites for hydroxylation is 2. The van der Waals surface area contributed by atoms with Crippen LogP contribution in [0.1, 0.15) is 39.5 Å². The first kappa shape index (κ1) is 22.8. The van der Waals surface area contributed by atoms with Gasteiger partial charge in [-0.25, -0.2) is 9.50 Å². The van der Waals surface area contributed by atoms with Gasteiger partial charge < -0.3 is 18.6 Å². The molecule has 1 atom stereocenters. The predicted molar refractivity (Wildman–Crippen MR) is 123 cm³/mol. The van der Waals surface area contributed by atoms with E-state index in [-0.39, 0.29) is 17.5 Å². The smallest absolute Gasteiger partial charge is 0.387 e. The van der Waals surface area contributed by atoms with E-state index in [9.17, 15) is 13.6 Å². The molecule has 14 heteroatoms. The number of rotatable bonds is 5. The third kappa shape index (κ3) is 3.72. The van der Waals surface area contributed by atoms with Crippen molar-refractivity contribution in [2.24, 2.45) is 14.1 Å². The Morgan fingerprint density at radius 1 is 1.27 bits per heavy atom. The quantitative estimate of drug-likeness (QED) is 0.354. The molecular formula is C23H21F2N9O3. The summed E-state index contributed by atoms with van der Waals surface area (Å²) in [6.07, 6.45) is 5.43. The molecule has 5 aromatic rings. The molecule has 1 aliphatic rings. The molecule has 0 N–H and O–H groups in total. The van der Waals surface area contributed by atoms with Crippen LogP contribution in [-0.2, 0) is 20.5 Å². The molecule has 0 saturated carbocycles. The molecule has 1 aliphatic heterocycles. The first-order chi connectivity index (χ1) is 17.8. The molecule has 37 heavy (non-hydrogen) atoms. The molecule has 12 nitrogen and oxygen atoms in total. The van der Waals surface area contributed by atoms with Crippen LogP contribution in [0.2, 0.25) is 0 Å². The lowest BCUT2D eigenvalue weighted by Crippen LogP contribution is -2.41. The second-order valence-corrected chi connectivity index (χ2v) is 8.67. The van der Waals surface area contributed by atoms with Gasteiger partial charge in [0.1, 0.15) is 11.6 Å². The average Bonchev–Trinajstić information content (AvgIpc) is 3.66. The molecule has 6 rings (SSSR count). The lowest BCUT2D eigenvalue weighted by molar-refractivity contribution is -0.0490. The molecule has 0 aromatic carbocycles. The van der Waals surface area contributed by atoms with Crippen molar-refractivity contribution >= 4 is 11.4 Å². The highest BCUT2D eigenvalue weighted by Gasteiger charge is 2.39. The van der Waals surface area contributed by atoms with Crippen molar-refractivity contribution in [1.29, 1.82) is 0 Å². The Hall–Kier alpha value is -4.62. The number of imidazole rings is 1. The lowest BCUT2D eigenvalue weighted by Gasteiger charge is -2.33. The van der Waals surface area contributed by atoms with Gasteiger partial charge >= 0.3 is 18.4 Å². The number of halogens is 2. The summed E-state index contributed by atoms with van der Waals surface area (Å²) in [7, 11) is 3.66. The molecule has 0 fully saturated rings. The number of hydrogen-bond acceptors (Lipinski definition) is 8. The van der Waals surface area contributed by atoms with Gasteiger partial charge in [0.15, 0.2) is 5.75 Å². The summed E-state index contributed by atoms with van der Waals surface area (Å²) in [5.74, 6) is -0.530. The van der Waals surface area contributed by atoms with Gasteiger partial charge in [0.05, 0.1) is 29.5 Å². The topological polar surface area (TPSA) is 121 Å². The predicted octanol–water partition coefficient (Wildman–Crippen LogP) is 2.55. The first-order valence-corrected chi connectivity index (χ1v) is 11.4. The molecule has 0 spiro atoms. The number of carbonyl (C=O) groups is 1. The van der Waals surface area contributed by atoms with Crippen LogP contribution in [0.4, 0.5) is 8.78 Å². The van der Waals surface area contributed by atoms with Gasteiger partial charge in [-0.1, -0.05) is 0 Å². The Kier molecular flexibility index (Phi) is 5.24. The zero-order valence-corrected chi connectivity index (χ0v) is 20.0. The van der Waals surface area contributed by atoms with E-state index in [2.05, 4.69) is 30.1 Å². The van der Waals surface area contributed by atoms with Crippen LogP contribution in [0.5, 0.6) is 5.75 Å². The van der Waals surface area contributed by atoms with Gasteiger partial charge in [-0.05, 0) is 25.1 Å². The Bertz CT molecular complexity index is 1630. The largest absolute Gasteiger partial charge is 0.433 e. The summed E-state index contributed by atoms with van der Waals surface area (Å²) in [4.78, 5) is 19.8. The SMILES string of the molecule is Cc1c(-c2nnc(C(=O)N3CCc4c(ncn4C)[C@@H]3c3cc4c(OC(F)F)cccn4n3)o2)cnn1C. The van der Waals surface area contributed by atoms with Gasteiger partial charge in [0.2, 0.25) is 0 Å². The number of carbonyl (C=O) groups excluding carboxylic acids is 1. The van der Waals surface area contributed by atoms with Gasteiger partial charge in [-0.3, -0.25) is 9.48 Å². The van der Waals surface area contributed by atoms with Crippen molar-refractivity contribution in [3.63, 3.8) is 0 Å². The highest BCUT2D eigenvalue weighted by atomic mass is 19.3. The first-order valence-electron chi connectivity index (χ1n) is 11.4. The van der Waals surface area contributed by atoms with E-state index >= 15 is 0 Å². The van der Waals surface area contributed by atoms with Crippen LogP contribution >= 0.6 is 0 Å². The summed E-state index contributed by atoms with van der Waals surface area (Å²) in [5, 5.41) is 16.8. The number of fused-ring (bicyclic) bond motifs is 2. The van der Waals surface area contributed by atoms with E-state index in [1.165, 1.54) is 10.6 Å². The fourth-order valence-electron chi connectivity index (χ4n) is 4.62. The Morgan fingerprint density at radius 2 is 2.11 bits per heavy atom. The number of aromatic nitrogens is 8. The van der Waals surface area contributed by atoms with E-state index in [1.807, 2.05) is 18.5 Å². The van der Waals surface area contributed by atoms with Gasteiger partial charge in [-0.2, -0.15) is 19.0 Å². The van der Waals surface area contributed by atoms with Crippen LogP contribution < -0.4 is 4.74 Å². The molecule has 0 aliphatic carbocycles. The van der Waals surface area contributed by atoms with Gasteiger partial charge in [0.25, 0.3) is 5.89 Å². The molecule has 0 radical (unpaired) electrons. The van der Waals surface area contributed by atoms with Crippen molar-refractivity contribution in [3.05, 3.63) is 65.6 Å². The van der Waals surface area contributed by atoms with Crippen LogP contribution in [0.15, 0.2) is 41.3 Å². The second-order valence-electron chi connectivity index (χ2n) is 8.67. The van der Waals surface area contributed by atoms with Gasteiger partial charge in [-0.15, -0.1) is 10.2 Å². The minimum absolute atomic E-state index is 0.0282. The summed E-state index contributed by atoms with van der Waals surface area (Å²) in [6, 6.07) is 3.89. The summed E-state index contributed by atoms with van der Waals surface area (Å²) in [5.41, 5.74) is 3.77. The fraction of sp³-hybridized carbons (Fsp3) is 0.304. The fourth-order valence-corrected chi connectivity index (χ4v) is 4.62. The molecule has 190 valence electrons. The summed E-state index contributed by atoms with van der Waals surface area (Å²) >= 11 is 0. The third-order valence-electron chi connectivity index (χ3n) is 6.56.